The van der Waals surface area contributed by atoms with Gasteiger partial charge in [0.2, 0.25) is 11.8 Å². The van der Waals surface area contributed by atoms with Crippen LogP contribution in [-0.2, 0) is 9.59 Å². The number of nitrogens with one attached hydrogen (secondary N) is 1. The van der Waals surface area contributed by atoms with E-state index in [1.54, 1.807) is 0 Å². The van der Waals surface area contributed by atoms with Crippen LogP contribution in [0.5, 0.6) is 0 Å². The summed E-state index contributed by atoms with van der Waals surface area (Å²) in [5.41, 5.74) is 2.45. The molecule has 1 saturated carbocycles. The molecule has 2 unspecified atom stereocenters. The van der Waals surface area contributed by atoms with Crippen molar-refractivity contribution in [2.45, 2.75) is 83.2 Å². The van der Waals surface area contributed by atoms with E-state index in [0.717, 1.165) is 43.7 Å². The van der Waals surface area contributed by atoms with Crippen molar-refractivity contribution in [3.8, 4) is 0 Å². The summed E-state index contributed by atoms with van der Waals surface area (Å²) in [5, 5.41) is 3.84. The molecule has 2 amide bonds. The lowest BCUT2D eigenvalue weighted by molar-refractivity contribution is -0.136. The highest BCUT2D eigenvalue weighted by atomic mass is 35.5. The molecule has 1 N–H and O–H groups in total. The molecule has 5 rings (SSSR count). The van der Waals surface area contributed by atoms with Gasteiger partial charge in [0.05, 0.1) is 12.0 Å². The predicted molar refractivity (Wildman–Crippen MR) is 158 cm³/mol. The minimum Gasteiger partial charge on any atom is -0.349 e. The monoisotopic (exact) mass is 585 g/mol. The summed E-state index contributed by atoms with van der Waals surface area (Å²) in [7, 11) is 0. The first kappa shape index (κ1) is 30.0. The van der Waals surface area contributed by atoms with E-state index in [1.165, 1.54) is 17.7 Å². The lowest BCUT2D eigenvalue weighted by atomic mass is 9.82. The molecule has 8 heteroatoms. The van der Waals surface area contributed by atoms with Crippen LogP contribution in [0.2, 0.25) is 5.02 Å². The van der Waals surface area contributed by atoms with Crippen LogP contribution in [0.3, 0.4) is 0 Å². The van der Waals surface area contributed by atoms with E-state index < -0.39 is 17.6 Å². The average Bonchev–Trinajstić information content (AvgIpc) is 3.33. The summed E-state index contributed by atoms with van der Waals surface area (Å²) in [5.74, 6) is -1.40. The van der Waals surface area contributed by atoms with E-state index in [9.17, 15) is 18.4 Å². The summed E-state index contributed by atoms with van der Waals surface area (Å²) in [6, 6.07) is 9.48. The Morgan fingerprint density at radius 2 is 1.66 bits per heavy atom. The number of likely N-dealkylation sites (tertiary alicyclic amines) is 2. The zero-order valence-electron chi connectivity index (χ0n) is 24.6. The Balaban J connectivity index is 1.29. The third-order valence-electron chi connectivity index (χ3n) is 9.54. The van der Waals surface area contributed by atoms with Crippen molar-refractivity contribution in [2.75, 3.05) is 26.2 Å². The quantitative estimate of drug-likeness (QED) is 0.405. The Morgan fingerprint density at radius 1 is 0.976 bits per heavy atom. The maximum atomic E-state index is 14.9. The zero-order valence-corrected chi connectivity index (χ0v) is 25.3. The second-order valence-electron chi connectivity index (χ2n) is 13.2. The van der Waals surface area contributed by atoms with Crippen molar-refractivity contribution >= 4 is 23.4 Å². The van der Waals surface area contributed by atoms with Gasteiger partial charge in [-0.05, 0) is 94.2 Å². The summed E-state index contributed by atoms with van der Waals surface area (Å²) in [4.78, 5) is 30.8. The molecule has 0 spiro atoms. The first-order valence-corrected chi connectivity index (χ1v) is 15.4. The molecule has 2 aromatic rings. The molecule has 41 heavy (non-hydrogen) atoms. The number of carbonyl (C=O) groups is 2. The normalized spacial score (nSPS) is 23.3. The summed E-state index contributed by atoms with van der Waals surface area (Å²) >= 11 is 6.39. The van der Waals surface area contributed by atoms with Gasteiger partial charge in [-0.1, -0.05) is 30.2 Å². The molecule has 2 heterocycles. The predicted octanol–water partition coefficient (Wildman–Crippen LogP) is 6.82. The SMILES string of the molecule is CC(NC(=O)C1CCC1)c1cc(Cl)ccc1C1CCN(C(=O)C2CN(C(C)(C)C)C[C@H]2c2ccc(F)cc2F)CC1. The van der Waals surface area contributed by atoms with Crippen LogP contribution in [0.15, 0.2) is 36.4 Å². The van der Waals surface area contributed by atoms with Gasteiger partial charge in [-0.25, -0.2) is 8.78 Å². The summed E-state index contributed by atoms with van der Waals surface area (Å²) in [6.45, 7) is 10.6. The molecule has 1 aliphatic carbocycles. The minimum atomic E-state index is -0.611. The van der Waals surface area contributed by atoms with Crippen molar-refractivity contribution in [3.63, 3.8) is 0 Å². The molecule has 2 aromatic carbocycles. The van der Waals surface area contributed by atoms with Gasteiger partial charge in [0.25, 0.3) is 0 Å². The highest BCUT2D eigenvalue weighted by Crippen LogP contribution is 2.40. The molecule has 5 nitrogen and oxygen atoms in total. The molecule has 0 aromatic heterocycles. The third-order valence-corrected chi connectivity index (χ3v) is 9.78. The summed E-state index contributed by atoms with van der Waals surface area (Å²) < 4.78 is 28.6. The first-order valence-electron chi connectivity index (χ1n) is 15.0. The van der Waals surface area contributed by atoms with E-state index in [-0.39, 0.29) is 41.1 Å². The van der Waals surface area contributed by atoms with Gasteiger partial charge in [-0.3, -0.25) is 14.5 Å². The van der Waals surface area contributed by atoms with Gasteiger partial charge in [0, 0.05) is 54.6 Å². The largest absolute Gasteiger partial charge is 0.349 e. The number of halogens is 3. The molecule has 3 aliphatic rings. The van der Waals surface area contributed by atoms with E-state index >= 15 is 0 Å². The van der Waals surface area contributed by atoms with Crippen LogP contribution in [-0.4, -0.2) is 53.3 Å². The molecule has 3 atom stereocenters. The molecule has 0 bridgehead atoms. The maximum absolute atomic E-state index is 14.9. The van der Waals surface area contributed by atoms with Crippen LogP contribution < -0.4 is 5.32 Å². The molecular formula is C33H42ClF2N3O2. The van der Waals surface area contributed by atoms with E-state index in [0.29, 0.717) is 36.8 Å². The third kappa shape index (κ3) is 6.46. The molecule has 3 fully saturated rings. The Labute approximate surface area is 247 Å². The molecular weight excluding hydrogens is 544 g/mol. The zero-order chi connectivity index (χ0) is 29.5. The Kier molecular flexibility index (Phi) is 8.77. The van der Waals surface area contributed by atoms with Crippen molar-refractivity contribution in [1.29, 1.82) is 0 Å². The molecule has 2 saturated heterocycles. The van der Waals surface area contributed by atoms with Crippen LogP contribution in [0.1, 0.15) is 94.4 Å². The van der Waals surface area contributed by atoms with Crippen LogP contribution in [0.4, 0.5) is 8.78 Å². The van der Waals surface area contributed by atoms with Crippen molar-refractivity contribution in [2.24, 2.45) is 11.8 Å². The van der Waals surface area contributed by atoms with Gasteiger partial charge in [-0.15, -0.1) is 0 Å². The molecule has 0 radical (unpaired) electrons. The number of rotatable bonds is 6. The average molecular weight is 586 g/mol. The minimum absolute atomic E-state index is 0.0429. The van der Waals surface area contributed by atoms with Gasteiger partial charge in [-0.2, -0.15) is 0 Å². The Bertz CT molecular complexity index is 1280. The number of benzene rings is 2. The maximum Gasteiger partial charge on any atom is 0.227 e. The van der Waals surface area contributed by atoms with Crippen LogP contribution in [0.25, 0.3) is 0 Å². The van der Waals surface area contributed by atoms with Crippen molar-refractivity contribution in [3.05, 3.63) is 69.7 Å². The fourth-order valence-corrected chi connectivity index (χ4v) is 6.92. The van der Waals surface area contributed by atoms with Gasteiger partial charge in [0.15, 0.2) is 0 Å². The van der Waals surface area contributed by atoms with Gasteiger partial charge < -0.3 is 10.2 Å². The molecule has 222 valence electrons. The summed E-state index contributed by atoms with van der Waals surface area (Å²) in [6.07, 6.45) is 4.62. The Hall–Kier alpha value is -2.51. The number of carbonyl (C=O) groups excluding carboxylic acids is 2. The van der Waals surface area contributed by atoms with E-state index in [1.807, 2.05) is 24.0 Å². The first-order chi connectivity index (χ1) is 19.4. The smallest absolute Gasteiger partial charge is 0.227 e. The second kappa shape index (κ2) is 12.0. The highest BCUT2D eigenvalue weighted by Gasteiger charge is 2.45. The number of piperidine rings is 1. The highest BCUT2D eigenvalue weighted by molar-refractivity contribution is 6.30. The van der Waals surface area contributed by atoms with Crippen LogP contribution >= 0.6 is 11.6 Å². The topological polar surface area (TPSA) is 52.7 Å². The number of hydrogen-bond donors (Lipinski definition) is 1. The van der Waals surface area contributed by atoms with Gasteiger partial charge in [0.1, 0.15) is 11.6 Å². The number of amides is 2. The lowest BCUT2D eigenvalue weighted by Gasteiger charge is -2.36. The Morgan fingerprint density at radius 3 is 2.27 bits per heavy atom. The van der Waals surface area contributed by atoms with Crippen molar-refractivity contribution < 1.29 is 18.4 Å². The fourth-order valence-electron chi connectivity index (χ4n) is 6.74. The second-order valence-corrected chi connectivity index (χ2v) is 13.6. The van der Waals surface area contributed by atoms with Gasteiger partial charge >= 0.3 is 0 Å². The van der Waals surface area contributed by atoms with E-state index in [2.05, 4.69) is 37.1 Å². The number of hydrogen-bond acceptors (Lipinski definition) is 3. The number of nitrogens with zero attached hydrogens (tertiary/aromatic N) is 2. The molecule has 2 aliphatic heterocycles. The fraction of sp³-hybridized carbons (Fsp3) is 0.576. The van der Waals surface area contributed by atoms with Crippen LogP contribution in [0, 0.1) is 23.5 Å². The van der Waals surface area contributed by atoms with Crippen molar-refractivity contribution in [1.82, 2.24) is 15.1 Å². The lowest BCUT2D eigenvalue weighted by Crippen LogP contribution is -2.44. The standard InChI is InChI=1S/C33H42ClF2N3O2/c1-20(37-31(40)22-6-5-7-22)27-16-23(34)8-10-25(27)21-12-14-38(15-13-21)32(41)29-19-39(33(2,3)4)18-28(29)26-11-9-24(35)17-30(26)36/h8-11,16-17,20-22,28-29H,5-7,12-15,18-19H2,1-4H3,(H,37,40)/t20?,28-,29?/m0/s1. The van der Waals surface area contributed by atoms with E-state index in [4.69, 9.17) is 11.6 Å².